The molecule has 2 atom stereocenters. The van der Waals surface area contributed by atoms with Crippen molar-refractivity contribution < 1.29 is 14.0 Å². The molecule has 4 rings (SSSR count). The Hall–Kier alpha value is -1.79. The third kappa shape index (κ3) is 1.90. The Morgan fingerprint density at radius 3 is 2.50 bits per heavy atom. The topological polar surface area (TPSA) is 83.4 Å². The lowest BCUT2D eigenvalue weighted by Crippen LogP contribution is -2.07. The predicted octanol–water partition coefficient (Wildman–Crippen LogP) is 2.50. The van der Waals surface area contributed by atoms with Gasteiger partial charge in [0, 0.05) is 24.0 Å². The van der Waals surface area contributed by atoms with Gasteiger partial charge < -0.3 is 19.7 Å². The Bertz CT molecular complexity index is 720. The quantitative estimate of drug-likeness (QED) is 0.915. The Morgan fingerprint density at radius 2 is 1.82 bits per heavy atom. The summed E-state index contributed by atoms with van der Waals surface area (Å²) in [5.41, 5.74) is 8.32. The van der Waals surface area contributed by atoms with Crippen molar-refractivity contribution in [1.82, 2.24) is 10.1 Å². The summed E-state index contributed by atoms with van der Waals surface area (Å²) in [6.45, 7) is 4.22. The molecule has 2 N–H and O–H groups in total. The van der Waals surface area contributed by atoms with E-state index >= 15 is 0 Å². The summed E-state index contributed by atoms with van der Waals surface area (Å²) in [4.78, 5) is 4.35. The van der Waals surface area contributed by atoms with Crippen LogP contribution in [0.3, 0.4) is 0 Å². The Kier molecular flexibility index (Phi) is 3.06. The van der Waals surface area contributed by atoms with Crippen molar-refractivity contribution in [1.29, 1.82) is 0 Å². The molecule has 0 bridgehead atoms. The molecule has 1 aromatic heterocycles. The van der Waals surface area contributed by atoms with Gasteiger partial charge in [-0.3, -0.25) is 0 Å². The molecule has 0 amide bonds. The van der Waals surface area contributed by atoms with E-state index in [0.717, 1.165) is 41.0 Å². The van der Waals surface area contributed by atoms with Gasteiger partial charge in [-0.1, -0.05) is 16.8 Å². The monoisotopic (exact) mass is 321 g/mol. The van der Waals surface area contributed by atoms with Crippen molar-refractivity contribution in [3.63, 3.8) is 0 Å². The first-order valence-electron chi connectivity index (χ1n) is 7.32. The molecule has 116 valence electrons. The third-order valence-electron chi connectivity index (χ3n) is 4.03. The highest BCUT2D eigenvalue weighted by Gasteiger charge is 2.37. The van der Waals surface area contributed by atoms with Crippen LogP contribution >= 0.6 is 11.6 Å². The van der Waals surface area contributed by atoms with E-state index in [1.165, 1.54) is 0 Å². The molecule has 0 saturated carbocycles. The van der Waals surface area contributed by atoms with Gasteiger partial charge in [0.1, 0.15) is 23.7 Å². The number of ether oxygens (including phenoxy) is 2. The van der Waals surface area contributed by atoms with Gasteiger partial charge >= 0.3 is 0 Å². The van der Waals surface area contributed by atoms with Gasteiger partial charge in [-0.25, -0.2) is 0 Å². The lowest BCUT2D eigenvalue weighted by Gasteiger charge is -2.12. The van der Waals surface area contributed by atoms with Crippen LogP contribution in [-0.4, -0.2) is 22.3 Å². The van der Waals surface area contributed by atoms with Gasteiger partial charge in [-0.2, -0.15) is 4.98 Å². The second-order valence-electron chi connectivity index (χ2n) is 5.79. The maximum atomic E-state index is 6.53. The molecule has 2 unspecified atom stereocenters. The minimum Gasteiger partial charge on any atom is -0.489 e. The Labute approximate surface area is 132 Å². The molecule has 0 aliphatic carbocycles. The van der Waals surface area contributed by atoms with E-state index in [9.17, 15) is 0 Å². The van der Waals surface area contributed by atoms with Crippen LogP contribution in [0.5, 0.6) is 11.5 Å². The van der Waals surface area contributed by atoms with Crippen LogP contribution in [0.4, 0.5) is 0 Å². The summed E-state index contributed by atoms with van der Waals surface area (Å²) in [6, 6.07) is 0. The Balaban J connectivity index is 1.97. The fraction of sp³-hybridized carbons (Fsp3) is 0.467. The molecule has 1 aromatic carbocycles. The lowest BCUT2D eigenvalue weighted by atomic mass is 9.97. The number of nitrogens with zero attached hydrogens (tertiary/aromatic N) is 2. The molecule has 6 nitrogen and oxygen atoms in total. The van der Waals surface area contributed by atoms with Gasteiger partial charge in [0.15, 0.2) is 0 Å². The molecule has 22 heavy (non-hydrogen) atoms. The molecule has 7 heteroatoms. The van der Waals surface area contributed by atoms with Gasteiger partial charge in [0.2, 0.25) is 11.7 Å². The fourth-order valence-corrected chi connectivity index (χ4v) is 3.46. The number of hydrogen-bond donors (Lipinski definition) is 1. The van der Waals surface area contributed by atoms with Gasteiger partial charge in [-0.15, -0.1) is 0 Å². The van der Waals surface area contributed by atoms with E-state index in [2.05, 4.69) is 10.1 Å². The number of benzene rings is 1. The molecule has 3 heterocycles. The summed E-state index contributed by atoms with van der Waals surface area (Å²) in [7, 11) is 0. The molecule has 2 aromatic rings. The van der Waals surface area contributed by atoms with Crippen LogP contribution in [0.15, 0.2) is 4.52 Å². The van der Waals surface area contributed by atoms with Crippen LogP contribution in [0.1, 0.15) is 30.9 Å². The van der Waals surface area contributed by atoms with Crippen molar-refractivity contribution in [3.8, 4) is 22.9 Å². The smallest absolute Gasteiger partial charge is 0.240 e. The number of nitrogens with two attached hydrogens (primary N) is 1. The van der Waals surface area contributed by atoms with Crippen molar-refractivity contribution in [3.05, 3.63) is 22.0 Å². The first-order chi connectivity index (χ1) is 10.6. The second kappa shape index (κ2) is 4.86. The minimum absolute atomic E-state index is 0.0621. The van der Waals surface area contributed by atoms with E-state index in [-0.39, 0.29) is 18.8 Å². The number of fused-ring (bicyclic) bond motifs is 2. The van der Waals surface area contributed by atoms with Gasteiger partial charge in [0.05, 0.1) is 17.1 Å². The predicted molar refractivity (Wildman–Crippen MR) is 80.2 cm³/mol. The first-order valence-corrected chi connectivity index (χ1v) is 7.69. The maximum absolute atomic E-state index is 6.53. The first kappa shape index (κ1) is 13.8. The summed E-state index contributed by atoms with van der Waals surface area (Å²) in [5.74, 6) is 2.35. The Morgan fingerprint density at radius 1 is 1.14 bits per heavy atom. The van der Waals surface area contributed by atoms with E-state index in [1.807, 2.05) is 13.8 Å². The van der Waals surface area contributed by atoms with E-state index < -0.39 is 0 Å². The minimum atomic E-state index is 0.0621. The van der Waals surface area contributed by atoms with Crippen molar-refractivity contribution in [2.45, 2.75) is 45.4 Å². The number of hydrogen-bond acceptors (Lipinski definition) is 6. The normalized spacial score (nSPS) is 22.2. The highest BCUT2D eigenvalue weighted by molar-refractivity contribution is 6.33. The van der Waals surface area contributed by atoms with Crippen molar-refractivity contribution >= 4 is 11.6 Å². The zero-order valence-electron chi connectivity index (χ0n) is 12.4. The standard InChI is InChI=1S/C15H16ClN3O3/c1-6-3-8-11(15-18-10(5-17)22-19-15)13-9(4-7(2)20-13)12(16)14(8)21-6/h6-7H,3-5,17H2,1-2H3. The average molecular weight is 322 g/mol. The highest BCUT2D eigenvalue weighted by atomic mass is 35.5. The van der Waals surface area contributed by atoms with Crippen LogP contribution < -0.4 is 15.2 Å². The summed E-state index contributed by atoms with van der Waals surface area (Å²) >= 11 is 6.53. The zero-order valence-corrected chi connectivity index (χ0v) is 13.1. The van der Waals surface area contributed by atoms with Crippen LogP contribution in [-0.2, 0) is 19.4 Å². The molecule has 2 aliphatic heterocycles. The molecule has 0 radical (unpaired) electrons. The number of rotatable bonds is 2. The van der Waals surface area contributed by atoms with Crippen molar-refractivity contribution in [2.24, 2.45) is 5.73 Å². The largest absolute Gasteiger partial charge is 0.489 e. The summed E-state index contributed by atoms with van der Waals surface area (Å²) < 4.78 is 17.0. The molecule has 0 saturated heterocycles. The van der Waals surface area contributed by atoms with Crippen LogP contribution in [0.2, 0.25) is 5.02 Å². The fourth-order valence-electron chi connectivity index (χ4n) is 3.14. The van der Waals surface area contributed by atoms with Crippen LogP contribution in [0, 0.1) is 0 Å². The van der Waals surface area contributed by atoms with Gasteiger partial charge in [0.25, 0.3) is 0 Å². The summed E-state index contributed by atoms with van der Waals surface area (Å²) in [5, 5.41) is 4.69. The zero-order chi connectivity index (χ0) is 15.4. The molecular weight excluding hydrogens is 306 g/mol. The maximum Gasteiger partial charge on any atom is 0.240 e. The summed E-state index contributed by atoms with van der Waals surface area (Å²) in [6.07, 6.45) is 1.61. The number of halogens is 1. The third-order valence-corrected chi connectivity index (χ3v) is 4.43. The molecular formula is C15H16ClN3O3. The van der Waals surface area contributed by atoms with E-state index in [1.54, 1.807) is 0 Å². The SMILES string of the molecule is CC1Cc2c(c(Cl)c3c(c2-c2noc(CN)n2)OC(C)C3)O1. The van der Waals surface area contributed by atoms with Crippen LogP contribution in [0.25, 0.3) is 11.4 Å². The average Bonchev–Trinajstić information content (AvgIpc) is 3.17. The molecule has 0 spiro atoms. The second-order valence-corrected chi connectivity index (χ2v) is 6.16. The molecule has 0 fully saturated rings. The highest BCUT2D eigenvalue weighted by Crippen LogP contribution is 2.52. The van der Waals surface area contributed by atoms with E-state index in [4.69, 9.17) is 31.3 Å². The van der Waals surface area contributed by atoms with E-state index in [0.29, 0.717) is 16.7 Å². The van der Waals surface area contributed by atoms with Crippen molar-refractivity contribution in [2.75, 3.05) is 0 Å². The lowest BCUT2D eigenvalue weighted by molar-refractivity contribution is 0.254. The molecule has 2 aliphatic rings. The van der Waals surface area contributed by atoms with Gasteiger partial charge in [-0.05, 0) is 13.8 Å². The number of aromatic nitrogens is 2.